The van der Waals surface area contributed by atoms with Crippen molar-refractivity contribution in [2.75, 3.05) is 0 Å². The van der Waals surface area contributed by atoms with Gasteiger partial charge in [-0.05, 0) is 38.8 Å². The van der Waals surface area contributed by atoms with Gasteiger partial charge < -0.3 is 0 Å². The highest BCUT2D eigenvalue weighted by Gasteiger charge is 2.26. The van der Waals surface area contributed by atoms with Crippen LogP contribution in [0.1, 0.15) is 0 Å². The van der Waals surface area contributed by atoms with E-state index in [1.165, 1.54) is 11.3 Å². The van der Waals surface area contributed by atoms with Crippen LogP contribution in [0.15, 0.2) is 109 Å². The minimum absolute atomic E-state index is 0.0282. The van der Waals surface area contributed by atoms with Crippen LogP contribution in [0, 0.1) is 0 Å². The normalized spacial score (nSPS) is 11.4. The average Bonchev–Trinajstić information content (AvgIpc) is 3.69. The molecule has 0 bridgehead atoms. The lowest BCUT2D eigenvalue weighted by molar-refractivity contribution is 1.08. The van der Waals surface area contributed by atoms with E-state index in [0.717, 1.165) is 33.4 Å². The van der Waals surface area contributed by atoms with Crippen molar-refractivity contribution in [3.63, 3.8) is 0 Å². The third kappa shape index (κ3) is 6.48. The first-order valence-electron chi connectivity index (χ1n) is 18.6. The molecular formula is C45H18B11N3S. The van der Waals surface area contributed by atoms with Crippen molar-refractivity contribution < 1.29 is 0 Å². The third-order valence-electron chi connectivity index (χ3n) is 10.9. The molecule has 9 aromatic rings. The van der Waals surface area contributed by atoms with E-state index < -0.39 is 0 Å². The molecule has 0 N–H and O–H groups in total. The second-order valence-corrected chi connectivity index (χ2v) is 15.4. The Morgan fingerprint density at radius 3 is 1.13 bits per heavy atom. The summed E-state index contributed by atoms with van der Waals surface area (Å²) in [6, 6.07) is 36.2. The van der Waals surface area contributed by atoms with Gasteiger partial charge in [-0.25, -0.2) is 15.0 Å². The van der Waals surface area contributed by atoms with Crippen LogP contribution in [0.3, 0.4) is 0 Å². The van der Waals surface area contributed by atoms with E-state index in [2.05, 4.69) is 36.4 Å². The number of hydrogen-bond donors (Lipinski definition) is 0. The van der Waals surface area contributed by atoms with Gasteiger partial charge in [0, 0.05) is 31.5 Å². The van der Waals surface area contributed by atoms with Gasteiger partial charge in [0.05, 0.1) is 0 Å². The number of aromatic nitrogens is 3. The van der Waals surface area contributed by atoms with Crippen molar-refractivity contribution >= 4 is 178 Å². The number of rotatable bonds is 6. The number of fused-ring (bicyclic) bond motifs is 3. The van der Waals surface area contributed by atoms with Gasteiger partial charge in [0.2, 0.25) is 0 Å². The van der Waals surface area contributed by atoms with Gasteiger partial charge in [-0.15, -0.1) is 33.2 Å². The molecule has 0 aliphatic carbocycles. The summed E-state index contributed by atoms with van der Waals surface area (Å²) < 4.78 is 1.02. The lowest BCUT2D eigenvalue weighted by atomic mass is 9.58. The highest BCUT2D eigenvalue weighted by atomic mass is 32.1. The minimum Gasteiger partial charge on any atom is -0.208 e. The lowest BCUT2D eigenvalue weighted by Crippen LogP contribution is -2.56. The van der Waals surface area contributed by atoms with E-state index in [0.29, 0.717) is 42.9 Å². The first kappa shape index (κ1) is 39.9. The summed E-state index contributed by atoms with van der Waals surface area (Å²) in [4.78, 5) is 14.8. The van der Waals surface area contributed by atoms with Gasteiger partial charge in [0.25, 0.3) is 0 Å². The van der Waals surface area contributed by atoms with E-state index in [1.54, 1.807) is 0 Å². The molecule has 252 valence electrons. The van der Waals surface area contributed by atoms with Crippen LogP contribution < -0.4 is 60.1 Å². The fourth-order valence-corrected chi connectivity index (χ4v) is 8.88. The van der Waals surface area contributed by atoms with Crippen LogP contribution in [-0.4, -0.2) is 101 Å². The maximum atomic E-state index is 7.10. The largest absolute Gasteiger partial charge is 0.208 e. The van der Waals surface area contributed by atoms with Gasteiger partial charge in [-0.3, -0.25) is 0 Å². The van der Waals surface area contributed by atoms with Gasteiger partial charge in [-0.1, -0.05) is 147 Å². The fraction of sp³-hybridized carbons (Fsp3) is 0. The lowest BCUT2D eigenvalue weighted by Gasteiger charge is -2.25. The van der Waals surface area contributed by atoms with Crippen molar-refractivity contribution in [3.05, 3.63) is 109 Å². The standard InChI is InChI=1S/C45H18B11N3S/c46-30-25(27-31(47)36(52)39(55)37(53)32(27)48)26-28-33(49)34(50)29(35(51)42(28)60-41(26)40(56)38(30)54)45-58-43(23-9-5-2-6-10-23)57-44(59-45)24-17-15-22(16-18-24)21-13-11-20(12-14-21)19-7-3-1-4-8-19/h1-18H. The summed E-state index contributed by atoms with van der Waals surface area (Å²) in [5, 5.41) is 0.902. The monoisotopic (exact) mass is 753 g/mol. The van der Waals surface area contributed by atoms with Crippen molar-refractivity contribution in [3.8, 4) is 67.5 Å². The highest BCUT2D eigenvalue weighted by molar-refractivity contribution is 7.28. The van der Waals surface area contributed by atoms with E-state index >= 15 is 0 Å². The van der Waals surface area contributed by atoms with Crippen molar-refractivity contribution in [1.29, 1.82) is 0 Å². The molecule has 0 unspecified atom stereocenters. The Morgan fingerprint density at radius 2 is 0.617 bits per heavy atom. The third-order valence-corrected chi connectivity index (χ3v) is 12.2. The molecule has 9 rings (SSSR count). The summed E-state index contributed by atoms with van der Waals surface area (Å²) in [5.74, 6) is 1.01. The predicted molar refractivity (Wildman–Crippen MR) is 265 cm³/mol. The number of benzene rings is 7. The second-order valence-electron chi connectivity index (χ2n) is 14.4. The second kappa shape index (κ2) is 15.5. The van der Waals surface area contributed by atoms with Crippen LogP contribution >= 0.6 is 11.3 Å². The summed E-state index contributed by atoms with van der Waals surface area (Å²) in [6.45, 7) is 0. The van der Waals surface area contributed by atoms with Gasteiger partial charge in [0.1, 0.15) is 86.3 Å². The van der Waals surface area contributed by atoms with Gasteiger partial charge >= 0.3 is 0 Å². The molecular weight excluding hydrogens is 734 g/mol. The summed E-state index contributed by atoms with van der Waals surface area (Å²) in [5.41, 5.74) is 7.79. The Hall–Kier alpha value is -5.52. The Bertz CT molecular complexity index is 3170. The van der Waals surface area contributed by atoms with Crippen LogP contribution in [0.25, 0.3) is 87.7 Å². The van der Waals surface area contributed by atoms with E-state index in [4.69, 9.17) is 101 Å². The smallest absolute Gasteiger partial charge is 0.164 e. The molecule has 0 saturated carbocycles. The highest BCUT2D eigenvalue weighted by Crippen LogP contribution is 2.37. The zero-order valence-corrected chi connectivity index (χ0v) is 32.8. The predicted octanol–water partition coefficient (Wildman–Crippen LogP) is -1.03. The molecule has 0 aliphatic heterocycles. The Balaban J connectivity index is 1.23. The van der Waals surface area contributed by atoms with Crippen LogP contribution in [0.2, 0.25) is 0 Å². The van der Waals surface area contributed by atoms with Crippen LogP contribution in [0.4, 0.5) is 0 Å². The quantitative estimate of drug-likeness (QED) is 0.205. The summed E-state index contributed by atoms with van der Waals surface area (Å²) >= 11 is 1.24. The molecule has 22 radical (unpaired) electrons. The van der Waals surface area contributed by atoms with Crippen LogP contribution in [-0.2, 0) is 0 Å². The Labute approximate surface area is 367 Å². The fourth-order valence-electron chi connectivity index (χ4n) is 7.62. The SMILES string of the molecule is [B]c1c([B])c([B])c(-c2c([B])c([B])c([B])c3sc4c([B])c(-c5nc(-c6ccccc6)nc(-c6ccc(-c7ccc(-c8ccccc8)cc7)cc6)n5)c([B])c([B])c4c23)c([B])c1[B]. The molecule has 0 atom stereocenters. The number of hydrogen-bond acceptors (Lipinski definition) is 4. The Kier molecular flexibility index (Phi) is 10.3. The number of thiophene rings is 1. The molecule has 7 aromatic carbocycles. The van der Waals surface area contributed by atoms with E-state index in [1.807, 2.05) is 72.8 Å². The van der Waals surface area contributed by atoms with Crippen molar-refractivity contribution in [2.45, 2.75) is 0 Å². The van der Waals surface area contributed by atoms with Crippen LogP contribution in [0.5, 0.6) is 0 Å². The zero-order chi connectivity index (χ0) is 42.1. The van der Waals surface area contributed by atoms with Gasteiger partial charge in [0.15, 0.2) is 17.5 Å². The molecule has 0 saturated heterocycles. The summed E-state index contributed by atoms with van der Waals surface area (Å²) in [7, 11) is 72.8. The Morgan fingerprint density at radius 1 is 0.267 bits per heavy atom. The molecule has 2 heterocycles. The molecule has 2 aromatic heterocycles. The topological polar surface area (TPSA) is 38.7 Å². The minimum atomic E-state index is 0.0282. The molecule has 3 nitrogen and oxygen atoms in total. The van der Waals surface area contributed by atoms with Crippen molar-refractivity contribution in [2.24, 2.45) is 0 Å². The van der Waals surface area contributed by atoms with Gasteiger partial charge in [-0.2, -0.15) is 0 Å². The molecule has 60 heavy (non-hydrogen) atoms. The first-order valence-corrected chi connectivity index (χ1v) is 19.5. The molecule has 0 spiro atoms. The summed E-state index contributed by atoms with van der Waals surface area (Å²) in [6.07, 6.45) is 0. The molecule has 0 aliphatic rings. The van der Waals surface area contributed by atoms with Crippen molar-refractivity contribution in [1.82, 2.24) is 15.0 Å². The maximum absolute atomic E-state index is 7.10. The van der Waals surface area contributed by atoms with E-state index in [-0.39, 0.29) is 71.5 Å². The average molecular weight is 752 g/mol. The molecule has 15 heteroatoms. The first-order chi connectivity index (χ1) is 28.8. The number of nitrogens with zero attached hydrogens (tertiary/aromatic N) is 3. The molecule has 0 fully saturated rings. The molecule has 0 amide bonds. The zero-order valence-electron chi connectivity index (χ0n) is 32.0. The van der Waals surface area contributed by atoms with E-state index in [9.17, 15) is 0 Å². The maximum Gasteiger partial charge on any atom is 0.164 e.